The molecule has 13 heteroatoms. The van der Waals surface area contributed by atoms with Crippen LogP contribution in [0.5, 0.6) is 0 Å². The van der Waals surface area contributed by atoms with Crippen molar-refractivity contribution in [2.75, 3.05) is 37.8 Å². The number of carbonyl (C=O) groups excluding carboxylic acids is 3. The number of hydrogen-bond donors (Lipinski definition) is 2. The number of anilines is 1. The summed E-state index contributed by atoms with van der Waals surface area (Å²) in [6.07, 6.45) is 1.63. The predicted octanol–water partition coefficient (Wildman–Crippen LogP) is 2.29. The Morgan fingerprint density at radius 1 is 1.15 bits per heavy atom. The van der Waals surface area contributed by atoms with Gasteiger partial charge in [-0.15, -0.1) is 0 Å². The minimum atomic E-state index is -1.06. The highest BCUT2D eigenvalue weighted by Crippen LogP contribution is 2.21. The average molecular weight is 559 g/mol. The highest BCUT2D eigenvalue weighted by atomic mass is 19.2. The summed E-state index contributed by atoms with van der Waals surface area (Å²) in [6, 6.07) is 8.31. The second-order valence-corrected chi connectivity index (χ2v) is 9.19. The van der Waals surface area contributed by atoms with E-state index in [9.17, 15) is 27.6 Å². The summed E-state index contributed by atoms with van der Waals surface area (Å²) in [5, 5.41) is 6.21. The topological polar surface area (TPSA) is 107 Å². The molecule has 2 N–H and O–H groups in total. The number of carbonyl (C=O) groups is 3. The van der Waals surface area contributed by atoms with Crippen molar-refractivity contribution >= 4 is 34.8 Å². The fraction of sp³-hybridized carbons (Fsp3) is 0.333. The molecule has 0 aliphatic carbocycles. The van der Waals surface area contributed by atoms with E-state index in [2.05, 4.69) is 15.7 Å². The van der Waals surface area contributed by atoms with E-state index in [4.69, 9.17) is 4.84 Å². The molecule has 0 spiro atoms. The minimum absolute atomic E-state index is 0.0264. The second kappa shape index (κ2) is 13.3. The Hall–Kier alpha value is -4.07. The van der Waals surface area contributed by atoms with Gasteiger partial charge in [0, 0.05) is 56.8 Å². The largest absolute Gasteiger partial charge is 0.340 e. The second-order valence-electron chi connectivity index (χ2n) is 9.19. The number of hydrogen-bond acceptors (Lipinski definition) is 7. The van der Waals surface area contributed by atoms with Gasteiger partial charge in [-0.25, -0.2) is 23.6 Å². The Kier molecular flexibility index (Phi) is 9.64. The number of nitrogens with one attached hydrogen (secondary N) is 2. The SMILES string of the molecule is CC(=O)N(NCc1cccc(F)c1F)[C@H](CON(C=O)c1cc2cc(F)ccc2cn1)CC(=O)N1CCNCC1. The number of piperazine rings is 1. The van der Waals surface area contributed by atoms with Crippen LogP contribution >= 0.6 is 0 Å². The van der Waals surface area contributed by atoms with E-state index in [0.717, 1.165) is 16.1 Å². The van der Waals surface area contributed by atoms with Crippen LogP contribution in [0.15, 0.2) is 48.7 Å². The molecule has 212 valence electrons. The number of rotatable bonds is 11. The van der Waals surface area contributed by atoms with E-state index in [1.807, 2.05) is 0 Å². The molecule has 1 aliphatic heterocycles. The molecule has 0 unspecified atom stereocenters. The summed E-state index contributed by atoms with van der Waals surface area (Å²) in [4.78, 5) is 49.2. The molecule has 1 aromatic heterocycles. The van der Waals surface area contributed by atoms with Crippen molar-refractivity contribution in [3.05, 3.63) is 71.7 Å². The Balaban J connectivity index is 1.54. The first-order chi connectivity index (χ1) is 19.3. The van der Waals surface area contributed by atoms with Crippen molar-refractivity contribution in [3.8, 4) is 0 Å². The van der Waals surface area contributed by atoms with E-state index in [1.54, 1.807) is 11.0 Å². The van der Waals surface area contributed by atoms with E-state index < -0.39 is 29.4 Å². The van der Waals surface area contributed by atoms with Gasteiger partial charge in [0.2, 0.25) is 18.2 Å². The van der Waals surface area contributed by atoms with Gasteiger partial charge < -0.3 is 10.2 Å². The molecule has 0 saturated carbocycles. The van der Waals surface area contributed by atoms with E-state index in [1.165, 1.54) is 43.5 Å². The zero-order chi connectivity index (χ0) is 28.6. The maximum absolute atomic E-state index is 14.2. The summed E-state index contributed by atoms with van der Waals surface area (Å²) >= 11 is 0. The summed E-state index contributed by atoms with van der Waals surface area (Å²) in [5.41, 5.74) is 2.75. The number of amides is 3. The number of hydroxylamine groups is 1. The van der Waals surface area contributed by atoms with Gasteiger partial charge >= 0.3 is 0 Å². The number of fused-ring (bicyclic) bond motifs is 1. The molecule has 2 aromatic carbocycles. The molecule has 0 radical (unpaired) electrons. The number of benzene rings is 2. The van der Waals surface area contributed by atoms with Gasteiger partial charge in [0.15, 0.2) is 17.5 Å². The molecule has 3 aromatic rings. The van der Waals surface area contributed by atoms with Crippen LogP contribution in [-0.2, 0) is 25.8 Å². The van der Waals surface area contributed by atoms with E-state index in [-0.39, 0.29) is 36.9 Å². The van der Waals surface area contributed by atoms with Crippen LogP contribution in [0.2, 0.25) is 0 Å². The molecule has 1 aliphatic rings. The van der Waals surface area contributed by atoms with Crippen molar-refractivity contribution in [2.45, 2.75) is 25.9 Å². The van der Waals surface area contributed by atoms with Crippen LogP contribution < -0.4 is 15.8 Å². The third-order valence-corrected chi connectivity index (χ3v) is 6.45. The predicted molar refractivity (Wildman–Crippen MR) is 140 cm³/mol. The highest BCUT2D eigenvalue weighted by molar-refractivity contribution is 5.86. The summed E-state index contributed by atoms with van der Waals surface area (Å²) < 4.78 is 41.7. The normalized spacial score (nSPS) is 14.2. The van der Waals surface area contributed by atoms with Crippen molar-refractivity contribution in [1.29, 1.82) is 0 Å². The summed E-state index contributed by atoms with van der Waals surface area (Å²) in [5.74, 6) is -3.27. The van der Waals surface area contributed by atoms with Gasteiger partial charge in [0.25, 0.3) is 0 Å². The third kappa shape index (κ3) is 7.11. The molecular formula is C27H29F3N6O4. The monoisotopic (exact) mass is 558 g/mol. The van der Waals surface area contributed by atoms with Gasteiger partial charge in [-0.1, -0.05) is 12.1 Å². The molecule has 4 rings (SSSR count). The first-order valence-corrected chi connectivity index (χ1v) is 12.6. The lowest BCUT2D eigenvalue weighted by molar-refractivity contribution is -0.142. The van der Waals surface area contributed by atoms with Crippen molar-refractivity contribution in [1.82, 2.24) is 25.6 Å². The highest BCUT2D eigenvalue weighted by Gasteiger charge is 2.29. The molecule has 1 fully saturated rings. The Bertz CT molecular complexity index is 1370. The van der Waals surface area contributed by atoms with Crippen molar-refractivity contribution in [2.24, 2.45) is 0 Å². The summed E-state index contributed by atoms with van der Waals surface area (Å²) in [7, 11) is 0. The lowest BCUT2D eigenvalue weighted by Gasteiger charge is -2.34. The minimum Gasteiger partial charge on any atom is -0.340 e. The lowest BCUT2D eigenvalue weighted by atomic mass is 10.1. The lowest BCUT2D eigenvalue weighted by Crippen LogP contribution is -2.54. The maximum atomic E-state index is 14.2. The van der Waals surface area contributed by atoms with Crippen molar-refractivity contribution < 1.29 is 32.4 Å². The molecule has 1 atom stereocenters. The molecule has 3 amide bonds. The summed E-state index contributed by atoms with van der Waals surface area (Å²) in [6.45, 7) is 2.85. The average Bonchev–Trinajstić information content (AvgIpc) is 2.95. The molecule has 0 bridgehead atoms. The fourth-order valence-electron chi connectivity index (χ4n) is 4.36. The molecule has 40 heavy (non-hydrogen) atoms. The molecule has 10 nitrogen and oxygen atoms in total. The number of halogens is 3. The molecular weight excluding hydrogens is 529 g/mol. The van der Waals surface area contributed by atoms with Crippen LogP contribution in [0, 0.1) is 17.5 Å². The maximum Gasteiger partial charge on any atom is 0.239 e. The molecule has 2 heterocycles. The van der Waals surface area contributed by atoms with Gasteiger partial charge in [-0.05, 0) is 35.7 Å². The Morgan fingerprint density at radius 2 is 1.93 bits per heavy atom. The van der Waals surface area contributed by atoms with Crippen LogP contribution in [0.3, 0.4) is 0 Å². The fourth-order valence-corrected chi connectivity index (χ4v) is 4.36. The quantitative estimate of drug-likeness (QED) is 0.275. The van der Waals surface area contributed by atoms with Gasteiger partial charge in [-0.3, -0.25) is 24.2 Å². The number of pyridine rings is 1. The zero-order valence-electron chi connectivity index (χ0n) is 21.8. The smallest absolute Gasteiger partial charge is 0.239 e. The number of nitrogens with zero attached hydrogens (tertiary/aromatic N) is 4. The van der Waals surface area contributed by atoms with Crippen LogP contribution in [0.4, 0.5) is 19.0 Å². The Morgan fingerprint density at radius 3 is 2.65 bits per heavy atom. The van der Waals surface area contributed by atoms with Crippen molar-refractivity contribution in [3.63, 3.8) is 0 Å². The first-order valence-electron chi connectivity index (χ1n) is 12.6. The van der Waals surface area contributed by atoms with Gasteiger partial charge in [0.05, 0.1) is 19.1 Å². The van der Waals surface area contributed by atoms with Crippen LogP contribution in [-0.4, -0.2) is 71.9 Å². The van der Waals surface area contributed by atoms with Gasteiger partial charge in [0.1, 0.15) is 5.82 Å². The van der Waals surface area contributed by atoms with E-state index in [0.29, 0.717) is 43.4 Å². The van der Waals surface area contributed by atoms with Crippen LogP contribution in [0.1, 0.15) is 18.9 Å². The molecule has 1 saturated heterocycles. The zero-order valence-corrected chi connectivity index (χ0v) is 21.8. The van der Waals surface area contributed by atoms with Gasteiger partial charge in [-0.2, -0.15) is 5.06 Å². The first kappa shape index (κ1) is 28.9. The number of aromatic nitrogens is 1. The van der Waals surface area contributed by atoms with E-state index >= 15 is 0 Å². The Labute approximate surface area is 228 Å². The standard InChI is InChI=1S/C27H29F3N6O4/c1-18(38)36(33-15-20-3-2-4-24(29)27(20)30)23(13-26(39)34-9-7-31-8-10-34)16-40-35(17-37)25-12-21-11-22(28)6-5-19(21)14-32-25/h2-6,11-12,14,17,23,31,33H,7-10,13,15-16H2,1H3/t23-/m0/s1. The third-order valence-electron chi connectivity index (χ3n) is 6.45. The number of hydrazine groups is 1. The van der Waals surface area contributed by atoms with Crippen LogP contribution in [0.25, 0.3) is 10.8 Å².